The molecule has 0 unspecified atom stereocenters. The number of anilines is 1. The maximum absolute atomic E-state index is 12.2. The molecule has 1 aliphatic heterocycles. The Morgan fingerprint density at radius 1 is 1.10 bits per heavy atom. The van der Waals surface area contributed by atoms with Crippen LogP contribution in [0.2, 0.25) is 0 Å². The molecule has 3 aromatic rings. The summed E-state index contributed by atoms with van der Waals surface area (Å²) in [6.07, 6.45) is 0. The van der Waals surface area contributed by atoms with E-state index in [1.54, 1.807) is 20.1 Å². The number of aromatic nitrogens is 3. The summed E-state index contributed by atoms with van der Waals surface area (Å²) in [5, 5.41) is 10.6. The lowest BCUT2D eigenvalue weighted by Crippen LogP contribution is -2.48. The van der Waals surface area contributed by atoms with Gasteiger partial charge >= 0.3 is 0 Å². The zero-order chi connectivity index (χ0) is 20.9. The Morgan fingerprint density at radius 3 is 2.50 bits per heavy atom. The number of nitrogens with one attached hydrogen (secondary N) is 1. The Balaban J connectivity index is 1.24. The van der Waals surface area contributed by atoms with Crippen LogP contribution in [0.15, 0.2) is 39.4 Å². The third-order valence-corrected chi connectivity index (χ3v) is 4.90. The molecule has 0 spiro atoms. The average Bonchev–Trinajstić information content (AvgIpc) is 3.38. The average molecular weight is 412 g/mol. The Labute approximate surface area is 173 Å². The smallest absolute Gasteiger partial charge is 0.241 e. The SMILES string of the molecule is COc1ccc(-c2noc(CN3CCN(CC(=O)Nc4cc(C)on4)CC3)n2)cc1. The number of amides is 1. The predicted molar refractivity (Wildman–Crippen MR) is 108 cm³/mol. The number of rotatable bonds is 7. The van der Waals surface area contributed by atoms with Crippen molar-refractivity contribution in [3.8, 4) is 17.1 Å². The van der Waals surface area contributed by atoms with Crippen LogP contribution in [0, 0.1) is 6.92 Å². The van der Waals surface area contributed by atoms with Crippen molar-refractivity contribution in [2.75, 3.05) is 45.2 Å². The van der Waals surface area contributed by atoms with Crippen molar-refractivity contribution in [1.82, 2.24) is 25.1 Å². The first-order valence-electron chi connectivity index (χ1n) is 9.74. The highest BCUT2D eigenvalue weighted by atomic mass is 16.5. The fourth-order valence-corrected chi connectivity index (χ4v) is 3.28. The monoisotopic (exact) mass is 412 g/mol. The van der Waals surface area contributed by atoms with Gasteiger partial charge in [0.05, 0.1) is 20.2 Å². The second-order valence-corrected chi connectivity index (χ2v) is 7.16. The Hall–Kier alpha value is -3.24. The van der Waals surface area contributed by atoms with Crippen molar-refractivity contribution < 1.29 is 18.6 Å². The summed E-state index contributed by atoms with van der Waals surface area (Å²) in [4.78, 5) is 21.0. The van der Waals surface area contributed by atoms with Gasteiger partial charge < -0.3 is 19.1 Å². The molecule has 3 heterocycles. The molecule has 2 aromatic heterocycles. The van der Waals surface area contributed by atoms with Gasteiger partial charge in [-0.3, -0.25) is 14.6 Å². The van der Waals surface area contributed by atoms with E-state index in [0.717, 1.165) is 37.5 Å². The van der Waals surface area contributed by atoms with Crippen LogP contribution >= 0.6 is 0 Å². The van der Waals surface area contributed by atoms with Crippen LogP contribution in [-0.4, -0.2) is 70.8 Å². The van der Waals surface area contributed by atoms with Gasteiger partial charge in [-0.25, -0.2) is 0 Å². The third kappa shape index (κ3) is 5.02. The van der Waals surface area contributed by atoms with Gasteiger partial charge in [-0.15, -0.1) is 0 Å². The Kier molecular flexibility index (Phi) is 6.05. The fraction of sp³-hybridized carbons (Fsp3) is 0.400. The third-order valence-electron chi connectivity index (χ3n) is 4.90. The molecule has 10 nitrogen and oxygen atoms in total. The summed E-state index contributed by atoms with van der Waals surface area (Å²) >= 11 is 0. The van der Waals surface area contributed by atoms with Crippen molar-refractivity contribution in [3.63, 3.8) is 0 Å². The van der Waals surface area contributed by atoms with Gasteiger partial charge in [-0.05, 0) is 31.2 Å². The molecule has 1 amide bonds. The lowest BCUT2D eigenvalue weighted by atomic mass is 10.2. The van der Waals surface area contributed by atoms with Crippen LogP contribution in [0.4, 0.5) is 5.82 Å². The fourth-order valence-electron chi connectivity index (χ4n) is 3.28. The molecule has 0 aliphatic carbocycles. The molecule has 4 rings (SSSR count). The minimum Gasteiger partial charge on any atom is -0.497 e. The van der Waals surface area contributed by atoms with Crippen LogP contribution in [0.1, 0.15) is 11.7 Å². The molecule has 1 saturated heterocycles. The highest BCUT2D eigenvalue weighted by molar-refractivity contribution is 5.91. The number of carbonyl (C=O) groups is 1. The molecule has 1 aromatic carbocycles. The number of aryl methyl sites for hydroxylation is 1. The first-order chi connectivity index (χ1) is 14.6. The minimum absolute atomic E-state index is 0.0993. The summed E-state index contributed by atoms with van der Waals surface area (Å²) < 4.78 is 15.5. The maximum atomic E-state index is 12.2. The number of ether oxygens (including phenoxy) is 1. The highest BCUT2D eigenvalue weighted by Crippen LogP contribution is 2.20. The normalized spacial score (nSPS) is 15.3. The first-order valence-corrected chi connectivity index (χ1v) is 9.74. The number of nitrogens with zero attached hydrogens (tertiary/aromatic N) is 5. The van der Waals surface area contributed by atoms with Gasteiger partial charge in [0, 0.05) is 37.8 Å². The largest absolute Gasteiger partial charge is 0.497 e. The number of methoxy groups -OCH3 is 1. The van der Waals surface area contributed by atoms with Crippen molar-refractivity contribution in [2.45, 2.75) is 13.5 Å². The molecular weight excluding hydrogens is 388 g/mol. The van der Waals surface area contributed by atoms with Gasteiger partial charge in [0.1, 0.15) is 11.5 Å². The molecule has 30 heavy (non-hydrogen) atoms. The number of hydrogen-bond donors (Lipinski definition) is 1. The summed E-state index contributed by atoms with van der Waals surface area (Å²) in [7, 11) is 1.63. The van der Waals surface area contributed by atoms with Crippen molar-refractivity contribution in [2.24, 2.45) is 0 Å². The second-order valence-electron chi connectivity index (χ2n) is 7.16. The predicted octanol–water partition coefficient (Wildman–Crippen LogP) is 1.80. The van der Waals surface area contributed by atoms with Crippen LogP contribution in [0.3, 0.4) is 0 Å². The van der Waals surface area contributed by atoms with Gasteiger partial charge in [-0.2, -0.15) is 4.98 Å². The quantitative estimate of drug-likeness (QED) is 0.621. The van der Waals surface area contributed by atoms with Crippen LogP contribution in [0.5, 0.6) is 5.75 Å². The van der Waals surface area contributed by atoms with Crippen molar-refractivity contribution in [3.05, 3.63) is 42.0 Å². The minimum atomic E-state index is -0.0993. The van der Waals surface area contributed by atoms with Crippen molar-refractivity contribution in [1.29, 1.82) is 0 Å². The lowest BCUT2D eigenvalue weighted by Gasteiger charge is -2.33. The number of carbonyl (C=O) groups excluding carboxylic acids is 1. The molecule has 10 heteroatoms. The van der Waals surface area contributed by atoms with E-state index in [1.807, 2.05) is 24.3 Å². The molecule has 1 N–H and O–H groups in total. The van der Waals surface area contributed by atoms with E-state index in [2.05, 4.69) is 30.4 Å². The van der Waals surface area contributed by atoms with E-state index in [9.17, 15) is 4.79 Å². The van der Waals surface area contributed by atoms with Gasteiger partial charge in [0.15, 0.2) is 5.82 Å². The molecular formula is C20H24N6O4. The second kappa shape index (κ2) is 9.06. The van der Waals surface area contributed by atoms with Crippen LogP contribution in [0.25, 0.3) is 11.4 Å². The Morgan fingerprint density at radius 2 is 1.83 bits per heavy atom. The standard InChI is InChI=1S/C20H24N6O4/c1-14-11-17(23-29-14)21-18(27)12-25-7-9-26(10-8-25)13-19-22-20(24-30-19)15-3-5-16(28-2)6-4-15/h3-6,11H,7-10,12-13H2,1-2H3,(H,21,23,27). The van der Waals surface area contributed by atoms with Gasteiger partial charge in [-0.1, -0.05) is 10.3 Å². The number of hydrogen-bond acceptors (Lipinski definition) is 9. The van der Waals surface area contributed by atoms with Crippen LogP contribution in [-0.2, 0) is 11.3 Å². The van der Waals surface area contributed by atoms with E-state index in [0.29, 0.717) is 36.4 Å². The lowest BCUT2D eigenvalue weighted by molar-refractivity contribution is -0.117. The summed E-state index contributed by atoms with van der Waals surface area (Å²) in [5.74, 6) is 2.93. The van der Waals surface area contributed by atoms with E-state index in [4.69, 9.17) is 13.8 Å². The first kappa shape index (κ1) is 20.0. The van der Waals surface area contributed by atoms with Gasteiger partial charge in [0.25, 0.3) is 0 Å². The molecule has 1 fully saturated rings. The van der Waals surface area contributed by atoms with E-state index >= 15 is 0 Å². The van der Waals surface area contributed by atoms with Crippen LogP contribution < -0.4 is 10.1 Å². The van der Waals surface area contributed by atoms with Gasteiger partial charge in [0.2, 0.25) is 17.6 Å². The number of piperazine rings is 1. The topological polar surface area (TPSA) is 110 Å². The van der Waals surface area contributed by atoms with E-state index in [-0.39, 0.29) is 5.91 Å². The summed E-state index contributed by atoms with van der Waals surface area (Å²) in [6, 6.07) is 9.23. The molecule has 0 saturated carbocycles. The Bertz CT molecular complexity index is 975. The summed E-state index contributed by atoms with van der Waals surface area (Å²) in [6.45, 7) is 5.89. The molecule has 1 aliphatic rings. The molecule has 0 bridgehead atoms. The zero-order valence-corrected chi connectivity index (χ0v) is 17.0. The van der Waals surface area contributed by atoms with Crippen molar-refractivity contribution >= 4 is 11.7 Å². The summed E-state index contributed by atoms with van der Waals surface area (Å²) in [5.41, 5.74) is 0.879. The van der Waals surface area contributed by atoms with E-state index in [1.165, 1.54) is 0 Å². The molecule has 0 atom stereocenters. The zero-order valence-electron chi connectivity index (χ0n) is 17.0. The molecule has 158 valence electrons. The highest BCUT2D eigenvalue weighted by Gasteiger charge is 2.21. The maximum Gasteiger partial charge on any atom is 0.241 e. The molecule has 0 radical (unpaired) electrons. The number of benzene rings is 1. The van der Waals surface area contributed by atoms with E-state index < -0.39 is 0 Å².